The van der Waals surface area contributed by atoms with Gasteiger partial charge in [-0.25, -0.2) is 9.78 Å². The topological polar surface area (TPSA) is 81.2 Å². The molecule has 0 aliphatic heterocycles. The minimum absolute atomic E-state index is 0.100. The average Bonchev–Trinajstić information content (AvgIpc) is 2.82. The summed E-state index contributed by atoms with van der Waals surface area (Å²) in [6.45, 7) is 4.47. The second-order valence-corrected chi connectivity index (χ2v) is 3.33. The standard InChI is InChI=1S/C10H11N3O3/c1-3-13-8(4-6(2)12-13)9-11-7(5-16-9)10(14)15/h4-5H,3H2,1-2H3,(H,14,15). The first kappa shape index (κ1) is 10.4. The van der Waals surface area contributed by atoms with Crippen molar-refractivity contribution >= 4 is 5.97 Å². The van der Waals surface area contributed by atoms with Crippen LogP contribution in [0.5, 0.6) is 0 Å². The number of rotatable bonds is 3. The Balaban J connectivity index is 2.45. The van der Waals surface area contributed by atoms with Crippen LogP contribution >= 0.6 is 0 Å². The van der Waals surface area contributed by atoms with Gasteiger partial charge in [0.1, 0.15) is 12.0 Å². The van der Waals surface area contributed by atoms with Crippen LogP contribution in [-0.4, -0.2) is 25.8 Å². The van der Waals surface area contributed by atoms with E-state index in [0.29, 0.717) is 12.2 Å². The zero-order valence-corrected chi connectivity index (χ0v) is 8.97. The number of oxazole rings is 1. The molecule has 0 fully saturated rings. The summed E-state index contributed by atoms with van der Waals surface area (Å²) in [6, 6.07) is 1.81. The van der Waals surface area contributed by atoms with Crippen LogP contribution in [0.2, 0.25) is 0 Å². The maximum Gasteiger partial charge on any atom is 0.357 e. The fraction of sp³-hybridized carbons (Fsp3) is 0.300. The van der Waals surface area contributed by atoms with E-state index >= 15 is 0 Å². The van der Waals surface area contributed by atoms with Crippen molar-refractivity contribution < 1.29 is 14.3 Å². The third-order valence-electron chi connectivity index (χ3n) is 2.14. The Morgan fingerprint density at radius 2 is 2.38 bits per heavy atom. The van der Waals surface area contributed by atoms with Crippen LogP contribution in [0.1, 0.15) is 23.1 Å². The molecule has 0 amide bonds. The van der Waals surface area contributed by atoms with Crippen LogP contribution in [0.25, 0.3) is 11.6 Å². The summed E-state index contributed by atoms with van der Waals surface area (Å²) in [4.78, 5) is 14.5. The molecule has 0 spiro atoms. The second-order valence-electron chi connectivity index (χ2n) is 3.33. The van der Waals surface area contributed by atoms with Crippen molar-refractivity contribution in [1.29, 1.82) is 0 Å². The molecule has 6 heteroatoms. The molecule has 84 valence electrons. The first-order valence-electron chi connectivity index (χ1n) is 4.85. The normalized spacial score (nSPS) is 10.6. The largest absolute Gasteiger partial charge is 0.476 e. The Kier molecular flexibility index (Phi) is 2.47. The van der Waals surface area contributed by atoms with Gasteiger partial charge in [0.25, 0.3) is 0 Å². The Morgan fingerprint density at radius 1 is 1.62 bits per heavy atom. The smallest absolute Gasteiger partial charge is 0.357 e. The first-order valence-corrected chi connectivity index (χ1v) is 4.85. The van der Waals surface area contributed by atoms with Crippen LogP contribution in [0.4, 0.5) is 0 Å². The van der Waals surface area contributed by atoms with E-state index in [2.05, 4.69) is 10.1 Å². The van der Waals surface area contributed by atoms with Crippen molar-refractivity contribution in [2.75, 3.05) is 0 Å². The van der Waals surface area contributed by atoms with Crippen molar-refractivity contribution in [1.82, 2.24) is 14.8 Å². The summed E-state index contributed by atoms with van der Waals surface area (Å²) in [6.07, 6.45) is 1.12. The van der Waals surface area contributed by atoms with Crippen LogP contribution < -0.4 is 0 Å². The average molecular weight is 221 g/mol. The molecule has 2 heterocycles. The monoisotopic (exact) mass is 221 g/mol. The van der Waals surface area contributed by atoms with E-state index in [4.69, 9.17) is 9.52 Å². The Bertz CT molecular complexity index is 527. The third-order valence-corrected chi connectivity index (χ3v) is 2.14. The highest BCUT2D eigenvalue weighted by atomic mass is 16.4. The first-order chi connectivity index (χ1) is 7.61. The number of aromatic nitrogens is 3. The van der Waals surface area contributed by atoms with E-state index in [1.165, 1.54) is 0 Å². The van der Waals surface area contributed by atoms with Crippen molar-refractivity contribution in [2.24, 2.45) is 0 Å². The number of nitrogens with zero attached hydrogens (tertiary/aromatic N) is 3. The second kappa shape index (κ2) is 3.80. The van der Waals surface area contributed by atoms with E-state index in [0.717, 1.165) is 12.0 Å². The molecule has 2 rings (SSSR count). The van der Waals surface area contributed by atoms with E-state index in [1.807, 2.05) is 13.8 Å². The van der Waals surface area contributed by atoms with Gasteiger partial charge in [-0.2, -0.15) is 5.10 Å². The molecule has 2 aromatic heterocycles. The van der Waals surface area contributed by atoms with Gasteiger partial charge in [-0.3, -0.25) is 4.68 Å². The van der Waals surface area contributed by atoms with Gasteiger partial charge in [-0.05, 0) is 19.9 Å². The van der Waals surface area contributed by atoms with E-state index in [1.54, 1.807) is 10.7 Å². The predicted octanol–water partition coefficient (Wildman–Crippen LogP) is 1.56. The Hall–Kier alpha value is -2.11. The summed E-state index contributed by atoms with van der Waals surface area (Å²) < 4.78 is 6.83. The Morgan fingerprint density at radius 3 is 2.94 bits per heavy atom. The minimum atomic E-state index is -1.10. The van der Waals surface area contributed by atoms with Crippen molar-refractivity contribution in [2.45, 2.75) is 20.4 Å². The number of hydrogen-bond donors (Lipinski definition) is 1. The molecule has 0 atom stereocenters. The molecule has 0 aromatic carbocycles. The predicted molar refractivity (Wildman–Crippen MR) is 55.1 cm³/mol. The summed E-state index contributed by atoms with van der Waals surface area (Å²) in [5.41, 5.74) is 1.43. The lowest BCUT2D eigenvalue weighted by Crippen LogP contribution is -2.00. The highest BCUT2D eigenvalue weighted by Crippen LogP contribution is 2.19. The van der Waals surface area contributed by atoms with Crippen LogP contribution in [-0.2, 0) is 6.54 Å². The molecule has 0 aliphatic rings. The van der Waals surface area contributed by atoms with E-state index in [-0.39, 0.29) is 11.6 Å². The molecule has 16 heavy (non-hydrogen) atoms. The van der Waals surface area contributed by atoms with Crippen molar-refractivity contribution in [3.8, 4) is 11.6 Å². The molecule has 0 bridgehead atoms. The maximum atomic E-state index is 10.7. The molecule has 2 aromatic rings. The molecule has 0 aliphatic carbocycles. The molecule has 0 unspecified atom stereocenters. The number of carbonyl (C=O) groups is 1. The van der Waals surface area contributed by atoms with Gasteiger partial charge in [0.05, 0.1) is 5.69 Å². The molecule has 0 saturated carbocycles. The SMILES string of the molecule is CCn1nc(C)cc1-c1nc(C(=O)O)co1. The van der Waals surface area contributed by atoms with Gasteiger partial charge >= 0.3 is 5.97 Å². The lowest BCUT2D eigenvalue weighted by Gasteiger charge is -1.98. The Labute approximate surface area is 91.5 Å². The van der Waals surface area contributed by atoms with Gasteiger partial charge in [-0.15, -0.1) is 0 Å². The lowest BCUT2D eigenvalue weighted by molar-refractivity contribution is 0.0690. The minimum Gasteiger partial charge on any atom is -0.476 e. The number of aromatic carboxylic acids is 1. The van der Waals surface area contributed by atoms with Gasteiger partial charge in [0, 0.05) is 6.54 Å². The highest BCUT2D eigenvalue weighted by Gasteiger charge is 2.15. The van der Waals surface area contributed by atoms with E-state index < -0.39 is 5.97 Å². The van der Waals surface area contributed by atoms with Gasteiger partial charge in [0.2, 0.25) is 5.89 Å². The highest BCUT2D eigenvalue weighted by molar-refractivity contribution is 5.85. The number of carboxylic acid groups (broad SMARTS) is 1. The van der Waals surface area contributed by atoms with E-state index in [9.17, 15) is 4.79 Å². The zero-order valence-electron chi connectivity index (χ0n) is 8.97. The number of hydrogen-bond acceptors (Lipinski definition) is 4. The molecule has 6 nitrogen and oxygen atoms in total. The van der Waals surface area contributed by atoms with Crippen molar-refractivity contribution in [3.05, 3.63) is 23.7 Å². The summed E-state index contributed by atoms with van der Waals surface area (Å²) in [7, 11) is 0. The lowest BCUT2D eigenvalue weighted by atomic mass is 10.3. The quantitative estimate of drug-likeness (QED) is 0.850. The van der Waals surface area contributed by atoms with Gasteiger partial charge in [0.15, 0.2) is 5.69 Å². The van der Waals surface area contributed by atoms with Gasteiger partial charge in [-0.1, -0.05) is 0 Å². The molecular formula is C10H11N3O3. The maximum absolute atomic E-state index is 10.7. The fourth-order valence-electron chi connectivity index (χ4n) is 1.45. The van der Waals surface area contributed by atoms with Crippen LogP contribution in [0.3, 0.4) is 0 Å². The summed E-state index contributed by atoms with van der Waals surface area (Å²) >= 11 is 0. The van der Waals surface area contributed by atoms with Gasteiger partial charge < -0.3 is 9.52 Å². The van der Waals surface area contributed by atoms with Crippen LogP contribution in [0, 0.1) is 6.92 Å². The molecule has 1 N–H and O–H groups in total. The fourth-order valence-corrected chi connectivity index (χ4v) is 1.45. The molecule has 0 radical (unpaired) electrons. The molecule has 0 saturated heterocycles. The van der Waals surface area contributed by atoms with Crippen molar-refractivity contribution in [3.63, 3.8) is 0 Å². The summed E-state index contributed by atoms with van der Waals surface area (Å²) in [5.74, 6) is -0.825. The third kappa shape index (κ3) is 1.69. The zero-order chi connectivity index (χ0) is 11.7. The summed E-state index contributed by atoms with van der Waals surface area (Å²) in [5, 5.41) is 13.0. The van der Waals surface area contributed by atoms with Crippen LogP contribution in [0.15, 0.2) is 16.7 Å². The number of aryl methyl sites for hydroxylation is 2. The number of carboxylic acids is 1. The molecular weight excluding hydrogens is 210 g/mol.